The van der Waals surface area contributed by atoms with E-state index in [9.17, 15) is 17.2 Å². The van der Waals surface area contributed by atoms with Gasteiger partial charge < -0.3 is 5.32 Å². The van der Waals surface area contributed by atoms with Crippen LogP contribution in [0.25, 0.3) is 0 Å². The summed E-state index contributed by atoms with van der Waals surface area (Å²) < 4.78 is 57.1. The highest BCUT2D eigenvalue weighted by molar-refractivity contribution is 7.85. The molecule has 0 atom stereocenters. The molecule has 2 N–H and O–H groups in total. The van der Waals surface area contributed by atoms with Crippen molar-refractivity contribution in [1.82, 2.24) is 9.97 Å². The van der Waals surface area contributed by atoms with Crippen LogP contribution in [0, 0.1) is 18.9 Å². The molecule has 0 aliphatic carbocycles. The molecule has 1 heterocycles. The van der Waals surface area contributed by atoms with Crippen LogP contribution in [-0.2, 0) is 10.1 Å². The van der Waals surface area contributed by atoms with Gasteiger partial charge in [0.2, 0.25) is 5.95 Å². The summed E-state index contributed by atoms with van der Waals surface area (Å²) in [6.45, 7) is 1.50. The van der Waals surface area contributed by atoms with Crippen molar-refractivity contribution in [3.05, 3.63) is 41.9 Å². The molecule has 0 fully saturated rings. The zero-order valence-electron chi connectivity index (χ0n) is 10.1. The Labute approximate surface area is 113 Å². The molecule has 0 saturated carbocycles. The monoisotopic (exact) mass is 301 g/mol. The van der Waals surface area contributed by atoms with Crippen molar-refractivity contribution in [2.24, 2.45) is 0 Å². The first-order valence-electron chi connectivity index (χ1n) is 5.31. The molecule has 0 radical (unpaired) electrons. The SMILES string of the molecule is Cc1ccc(Nc2cc(F)nc(F)n2)cc1S(=O)(=O)O. The normalized spacial score (nSPS) is 11.4. The average molecular weight is 301 g/mol. The minimum atomic E-state index is -4.39. The summed E-state index contributed by atoms with van der Waals surface area (Å²) in [5.74, 6) is -1.25. The molecule has 1 aromatic heterocycles. The van der Waals surface area contributed by atoms with E-state index in [1.54, 1.807) is 0 Å². The molecule has 0 saturated heterocycles. The molecule has 0 bridgehead atoms. The van der Waals surface area contributed by atoms with Crippen LogP contribution in [0.15, 0.2) is 29.2 Å². The zero-order valence-corrected chi connectivity index (χ0v) is 10.9. The highest BCUT2D eigenvalue weighted by atomic mass is 32.2. The van der Waals surface area contributed by atoms with Crippen LogP contribution in [-0.4, -0.2) is 22.9 Å². The van der Waals surface area contributed by atoms with E-state index in [0.29, 0.717) is 5.56 Å². The Kier molecular flexibility index (Phi) is 3.64. The molecule has 1 aromatic carbocycles. The molecule has 2 aromatic rings. The quantitative estimate of drug-likeness (QED) is 0.512. The van der Waals surface area contributed by atoms with Crippen LogP contribution in [0.4, 0.5) is 20.3 Å². The van der Waals surface area contributed by atoms with E-state index in [0.717, 1.165) is 12.1 Å². The van der Waals surface area contributed by atoms with Crippen LogP contribution < -0.4 is 5.32 Å². The lowest BCUT2D eigenvalue weighted by molar-refractivity contribution is 0.481. The molecule has 6 nitrogen and oxygen atoms in total. The summed E-state index contributed by atoms with van der Waals surface area (Å²) in [4.78, 5) is 5.82. The van der Waals surface area contributed by atoms with Gasteiger partial charge in [0.05, 0.1) is 4.90 Å². The van der Waals surface area contributed by atoms with E-state index in [1.807, 2.05) is 0 Å². The number of hydrogen-bond acceptors (Lipinski definition) is 5. The number of nitrogens with one attached hydrogen (secondary N) is 1. The van der Waals surface area contributed by atoms with E-state index in [1.165, 1.54) is 19.1 Å². The van der Waals surface area contributed by atoms with Gasteiger partial charge in [-0.15, -0.1) is 0 Å². The van der Waals surface area contributed by atoms with E-state index >= 15 is 0 Å². The molecule has 0 amide bonds. The van der Waals surface area contributed by atoms with Crippen molar-refractivity contribution in [3.63, 3.8) is 0 Å². The van der Waals surface area contributed by atoms with Gasteiger partial charge >= 0.3 is 6.08 Å². The molecular weight excluding hydrogens is 292 g/mol. The van der Waals surface area contributed by atoms with E-state index in [4.69, 9.17) is 4.55 Å². The van der Waals surface area contributed by atoms with Crippen molar-refractivity contribution in [2.45, 2.75) is 11.8 Å². The minimum Gasteiger partial charge on any atom is -0.340 e. The van der Waals surface area contributed by atoms with Crippen LogP contribution in [0.2, 0.25) is 0 Å². The summed E-state index contributed by atoms with van der Waals surface area (Å²) in [5, 5.41) is 2.52. The Morgan fingerprint density at radius 1 is 1.20 bits per heavy atom. The van der Waals surface area contributed by atoms with Crippen LogP contribution >= 0.6 is 0 Å². The number of hydrogen-bond donors (Lipinski definition) is 2. The zero-order chi connectivity index (χ0) is 14.9. The number of benzene rings is 1. The Morgan fingerprint density at radius 3 is 2.50 bits per heavy atom. The first-order chi connectivity index (χ1) is 9.25. The maximum atomic E-state index is 12.9. The summed E-state index contributed by atoms with van der Waals surface area (Å²) in [7, 11) is -4.39. The average Bonchev–Trinajstić information content (AvgIpc) is 2.29. The van der Waals surface area contributed by atoms with E-state index < -0.39 is 22.1 Å². The predicted octanol–water partition coefficient (Wildman–Crippen LogP) is 2.05. The van der Waals surface area contributed by atoms with E-state index in [-0.39, 0.29) is 16.4 Å². The van der Waals surface area contributed by atoms with Gasteiger partial charge in [-0.05, 0) is 24.6 Å². The third kappa shape index (κ3) is 3.25. The lowest BCUT2D eigenvalue weighted by Crippen LogP contribution is -2.04. The summed E-state index contributed by atoms with van der Waals surface area (Å²) in [6, 6.07) is 4.87. The smallest absolute Gasteiger partial charge is 0.313 e. The van der Waals surface area contributed by atoms with Crippen LogP contribution in [0.1, 0.15) is 5.56 Å². The molecule has 0 aliphatic heterocycles. The Hall–Kier alpha value is -2.13. The van der Waals surface area contributed by atoms with Gasteiger partial charge in [0.25, 0.3) is 10.1 Å². The summed E-state index contributed by atoms with van der Waals surface area (Å²) >= 11 is 0. The molecule has 2 rings (SSSR count). The molecule has 20 heavy (non-hydrogen) atoms. The second-order valence-corrected chi connectivity index (χ2v) is 5.32. The van der Waals surface area contributed by atoms with Crippen molar-refractivity contribution >= 4 is 21.6 Å². The summed E-state index contributed by atoms with van der Waals surface area (Å²) in [6.07, 6.45) is -1.25. The Balaban J connectivity index is 2.40. The molecule has 106 valence electrons. The van der Waals surface area contributed by atoms with Crippen molar-refractivity contribution in [1.29, 1.82) is 0 Å². The first kappa shape index (κ1) is 14.3. The molecular formula is C11H9F2N3O3S. The lowest BCUT2D eigenvalue weighted by atomic mass is 10.2. The van der Waals surface area contributed by atoms with Gasteiger partial charge in [-0.3, -0.25) is 4.55 Å². The summed E-state index contributed by atoms with van der Waals surface area (Å²) in [5.41, 5.74) is 0.527. The number of halogens is 2. The second kappa shape index (κ2) is 5.10. The van der Waals surface area contributed by atoms with Crippen LogP contribution in [0.3, 0.4) is 0 Å². The highest BCUT2D eigenvalue weighted by Gasteiger charge is 2.14. The molecule has 0 spiro atoms. The lowest BCUT2D eigenvalue weighted by Gasteiger charge is -2.08. The number of aryl methyl sites for hydroxylation is 1. The van der Waals surface area contributed by atoms with Gasteiger partial charge in [0.1, 0.15) is 5.82 Å². The topological polar surface area (TPSA) is 92.2 Å². The maximum absolute atomic E-state index is 12.9. The number of nitrogens with zero attached hydrogens (tertiary/aromatic N) is 2. The third-order valence-electron chi connectivity index (χ3n) is 2.41. The van der Waals surface area contributed by atoms with Gasteiger partial charge in [-0.1, -0.05) is 6.07 Å². The number of aromatic nitrogens is 2. The first-order valence-corrected chi connectivity index (χ1v) is 6.75. The highest BCUT2D eigenvalue weighted by Crippen LogP contribution is 2.22. The van der Waals surface area contributed by atoms with E-state index in [2.05, 4.69) is 15.3 Å². The van der Waals surface area contributed by atoms with Crippen molar-refractivity contribution < 1.29 is 21.8 Å². The fraction of sp³-hybridized carbons (Fsp3) is 0.0909. The largest absolute Gasteiger partial charge is 0.340 e. The Morgan fingerprint density at radius 2 is 1.90 bits per heavy atom. The van der Waals surface area contributed by atoms with Gasteiger partial charge in [0.15, 0.2) is 0 Å². The fourth-order valence-electron chi connectivity index (χ4n) is 1.56. The number of rotatable bonds is 3. The van der Waals surface area contributed by atoms with Crippen molar-refractivity contribution in [3.8, 4) is 0 Å². The minimum absolute atomic E-state index is 0.180. The maximum Gasteiger partial charge on any atom is 0.313 e. The standard InChI is InChI=1S/C11H9F2N3O3S/c1-6-2-3-7(4-8(6)20(17,18)19)14-10-5-9(12)15-11(13)16-10/h2-5H,1H3,(H,14,15,16)(H,17,18,19). The molecule has 0 aliphatic rings. The molecule has 0 unspecified atom stereocenters. The number of anilines is 2. The van der Waals surface area contributed by atoms with Crippen molar-refractivity contribution in [2.75, 3.05) is 5.32 Å². The van der Waals surface area contributed by atoms with Crippen LogP contribution in [0.5, 0.6) is 0 Å². The van der Waals surface area contributed by atoms with Gasteiger partial charge in [-0.25, -0.2) is 0 Å². The van der Waals surface area contributed by atoms with Gasteiger partial charge in [-0.2, -0.15) is 27.2 Å². The second-order valence-electron chi connectivity index (χ2n) is 3.93. The fourth-order valence-corrected chi connectivity index (χ4v) is 2.31. The Bertz CT molecular complexity index is 745. The predicted molar refractivity (Wildman–Crippen MR) is 66.2 cm³/mol. The molecule has 9 heteroatoms. The van der Waals surface area contributed by atoms with Gasteiger partial charge in [0, 0.05) is 11.8 Å². The third-order valence-corrected chi connectivity index (χ3v) is 3.40.